The highest BCUT2D eigenvalue weighted by molar-refractivity contribution is 8.24. The molecule has 1 aromatic rings. The van der Waals surface area contributed by atoms with Crippen molar-refractivity contribution in [2.45, 2.75) is 18.2 Å². The minimum atomic E-state index is -0.517. The molecular formula is C20H22S. The first-order valence-corrected chi connectivity index (χ1v) is 8.55. The van der Waals surface area contributed by atoms with Gasteiger partial charge in [0.2, 0.25) is 0 Å². The largest absolute Gasteiger partial charge is 0.173 e. The molecule has 1 unspecified atom stereocenters. The first-order chi connectivity index (χ1) is 10.4. The van der Waals surface area contributed by atoms with E-state index in [2.05, 4.69) is 86.4 Å². The molecule has 0 spiro atoms. The van der Waals surface area contributed by atoms with Crippen LogP contribution in [0.5, 0.6) is 0 Å². The van der Waals surface area contributed by atoms with Gasteiger partial charge in [-0.1, -0.05) is 79.5 Å². The molecule has 0 heterocycles. The van der Waals surface area contributed by atoms with Crippen molar-refractivity contribution in [2.75, 3.05) is 0 Å². The Bertz CT molecular complexity index is 612. The summed E-state index contributed by atoms with van der Waals surface area (Å²) < 4.78 is 0. The molecule has 1 atom stereocenters. The zero-order valence-corrected chi connectivity index (χ0v) is 13.3. The number of benzene rings is 1. The molecule has 0 N–H and O–H groups in total. The van der Waals surface area contributed by atoms with Gasteiger partial charge in [-0.15, -0.1) is 0 Å². The van der Waals surface area contributed by atoms with E-state index in [-0.39, 0.29) is 0 Å². The van der Waals surface area contributed by atoms with E-state index >= 15 is 0 Å². The molecule has 0 nitrogen and oxygen atoms in total. The zero-order valence-electron chi connectivity index (χ0n) is 12.4. The maximum atomic E-state index is 3.78. The van der Waals surface area contributed by atoms with Gasteiger partial charge in [-0.3, -0.25) is 0 Å². The molecule has 0 amide bonds. The molecule has 0 aliphatic heterocycles. The summed E-state index contributed by atoms with van der Waals surface area (Å²) in [6, 6.07) is 10.8. The molecule has 0 fully saturated rings. The summed E-state index contributed by atoms with van der Waals surface area (Å²) in [6.07, 6.45) is 20.3. The van der Waals surface area contributed by atoms with Crippen molar-refractivity contribution < 1.29 is 0 Å². The SMILES string of the molecule is C=C/C=C\C(=C/C)[SH](C1=CC=CCC=C1)c1ccccc1. The van der Waals surface area contributed by atoms with Gasteiger partial charge in [-0.05, 0) is 40.2 Å². The lowest BCUT2D eigenvalue weighted by atomic mass is 10.4. The van der Waals surface area contributed by atoms with Gasteiger partial charge in [-0.2, -0.15) is 10.9 Å². The molecule has 0 bridgehead atoms. The molecule has 1 aliphatic rings. The lowest BCUT2D eigenvalue weighted by Crippen LogP contribution is -1.89. The molecular weight excluding hydrogens is 272 g/mol. The van der Waals surface area contributed by atoms with Crippen LogP contribution in [-0.2, 0) is 0 Å². The number of hydrogen-bond donors (Lipinski definition) is 1. The minimum absolute atomic E-state index is 0.517. The van der Waals surface area contributed by atoms with Crippen molar-refractivity contribution in [3.05, 3.63) is 101 Å². The highest BCUT2D eigenvalue weighted by atomic mass is 32.2. The van der Waals surface area contributed by atoms with Crippen LogP contribution >= 0.6 is 10.9 Å². The molecule has 0 aromatic heterocycles. The second kappa shape index (κ2) is 8.33. The standard InChI is InChI=1S/C20H22S/c1-3-5-13-18(4-2)21(20-16-11-8-12-17-20)19-14-9-6-7-10-15-19/h3-6,8-17,21H,1,7H2,2H3/b13-5-,18-4+. The zero-order chi connectivity index (χ0) is 14.9. The third kappa shape index (κ3) is 4.24. The van der Waals surface area contributed by atoms with Crippen LogP contribution in [0.4, 0.5) is 0 Å². The summed E-state index contributed by atoms with van der Waals surface area (Å²) >= 11 is 0. The molecule has 108 valence electrons. The highest BCUT2D eigenvalue weighted by Gasteiger charge is 2.13. The molecule has 0 saturated heterocycles. The molecule has 1 heteroatoms. The maximum Gasteiger partial charge on any atom is -0.00453 e. The topological polar surface area (TPSA) is 0 Å². The minimum Gasteiger partial charge on any atom is -0.173 e. The summed E-state index contributed by atoms with van der Waals surface area (Å²) in [4.78, 5) is 4.11. The fourth-order valence-electron chi connectivity index (χ4n) is 2.21. The van der Waals surface area contributed by atoms with Crippen LogP contribution in [0, 0.1) is 0 Å². The van der Waals surface area contributed by atoms with Gasteiger partial charge in [0.15, 0.2) is 0 Å². The van der Waals surface area contributed by atoms with Gasteiger partial charge in [0.25, 0.3) is 0 Å². The van der Waals surface area contributed by atoms with E-state index in [4.69, 9.17) is 0 Å². The summed E-state index contributed by atoms with van der Waals surface area (Å²) in [7, 11) is -0.517. The Kier molecular flexibility index (Phi) is 6.11. The second-order valence-electron chi connectivity index (χ2n) is 4.64. The fraction of sp³-hybridized carbons (Fsp3) is 0.100. The van der Waals surface area contributed by atoms with Crippen LogP contribution in [0.15, 0.2) is 106 Å². The lowest BCUT2D eigenvalue weighted by molar-refractivity contribution is 1.40. The van der Waals surface area contributed by atoms with E-state index in [1.165, 1.54) is 14.7 Å². The summed E-state index contributed by atoms with van der Waals surface area (Å²) in [5.74, 6) is 0. The first-order valence-electron chi connectivity index (χ1n) is 7.20. The Morgan fingerprint density at radius 3 is 2.71 bits per heavy atom. The predicted octanol–water partition coefficient (Wildman–Crippen LogP) is 6.09. The van der Waals surface area contributed by atoms with Crippen LogP contribution < -0.4 is 0 Å². The van der Waals surface area contributed by atoms with Crippen molar-refractivity contribution in [1.82, 2.24) is 0 Å². The van der Waals surface area contributed by atoms with Gasteiger partial charge in [-0.25, -0.2) is 0 Å². The van der Waals surface area contributed by atoms with E-state index in [0.29, 0.717) is 0 Å². The van der Waals surface area contributed by atoms with Gasteiger partial charge in [0.05, 0.1) is 0 Å². The van der Waals surface area contributed by atoms with Crippen molar-refractivity contribution in [3.8, 4) is 0 Å². The van der Waals surface area contributed by atoms with Gasteiger partial charge in [0, 0.05) is 0 Å². The first kappa shape index (κ1) is 15.4. The van der Waals surface area contributed by atoms with Gasteiger partial charge >= 0.3 is 0 Å². The summed E-state index contributed by atoms with van der Waals surface area (Å²) in [6.45, 7) is 5.89. The van der Waals surface area contributed by atoms with Crippen molar-refractivity contribution in [2.24, 2.45) is 0 Å². The fourth-order valence-corrected chi connectivity index (χ4v) is 4.56. The normalized spacial score (nSPS) is 17.5. The Morgan fingerprint density at radius 1 is 1.19 bits per heavy atom. The van der Waals surface area contributed by atoms with Crippen molar-refractivity contribution in [1.29, 1.82) is 0 Å². The Morgan fingerprint density at radius 2 is 2.00 bits per heavy atom. The van der Waals surface area contributed by atoms with E-state index in [9.17, 15) is 0 Å². The molecule has 21 heavy (non-hydrogen) atoms. The monoisotopic (exact) mass is 294 g/mol. The molecule has 1 aromatic carbocycles. The Hall–Kier alpha value is -1.99. The van der Waals surface area contributed by atoms with Crippen molar-refractivity contribution in [3.63, 3.8) is 0 Å². The average Bonchev–Trinajstić information content (AvgIpc) is 2.81. The van der Waals surface area contributed by atoms with Crippen LogP contribution in [0.25, 0.3) is 0 Å². The van der Waals surface area contributed by atoms with Crippen LogP contribution in [0.2, 0.25) is 0 Å². The van der Waals surface area contributed by atoms with E-state index in [0.717, 1.165) is 6.42 Å². The third-order valence-electron chi connectivity index (χ3n) is 3.19. The molecule has 0 saturated carbocycles. The Balaban J connectivity index is 2.49. The lowest BCUT2D eigenvalue weighted by Gasteiger charge is -2.25. The predicted molar refractivity (Wildman–Crippen MR) is 97.8 cm³/mol. The highest BCUT2D eigenvalue weighted by Crippen LogP contribution is 2.51. The summed E-state index contributed by atoms with van der Waals surface area (Å²) in [5, 5.41) is 0. The quantitative estimate of drug-likeness (QED) is 0.493. The number of rotatable bonds is 5. The van der Waals surface area contributed by atoms with E-state index in [1.54, 1.807) is 0 Å². The van der Waals surface area contributed by atoms with Gasteiger partial charge < -0.3 is 0 Å². The third-order valence-corrected chi connectivity index (χ3v) is 5.75. The Labute approximate surface area is 130 Å². The van der Waals surface area contributed by atoms with Crippen LogP contribution in [0.3, 0.4) is 0 Å². The molecule has 1 aliphatic carbocycles. The van der Waals surface area contributed by atoms with E-state index in [1.807, 2.05) is 12.2 Å². The maximum absolute atomic E-state index is 3.78. The van der Waals surface area contributed by atoms with E-state index < -0.39 is 10.9 Å². The van der Waals surface area contributed by atoms with Crippen LogP contribution in [0.1, 0.15) is 13.3 Å². The smallest absolute Gasteiger partial charge is 0.00453 e. The number of hydrogen-bond acceptors (Lipinski definition) is 0. The summed E-state index contributed by atoms with van der Waals surface area (Å²) in [5.41, 5.74) is 0. The second-order valence-corrected chi connectivity index (χ2v) is 6.86. The molecule has 2 rings (SSSR count). The average molecular weight is 294 g/mol. The van der Waals surface area contributed by atoms with Crippen molar-refractivity contribution >= 4 is 10.9 Å². The number of allylic oxidation sites excluding steroid dienone is 9. The number of thiol groups is 1. The van der Waals surface area contributed by atoms with Crippen LogP contribution in [-0.4, -0.2) is 0 Å². The molecule has 0 radical (unpaired) electrons. The van der Waals surface area contributed by atoms with Gasteiger partial charge in [0.1, 0.15) is 0 Å².